The maximum atomic E-state index is 12.6. The predicted molar refractivity (Wildman–Crippen MR) is 116 cm³/mol. The molecule has 1 heterocycles. The van der Waals surface area contributed by atoms with Gasteiger partial charge in [-0.15, -0.1) is 0 Å². The third-order valence-corrected chi connectivity index (χ3v) is 4.56. The number of methoxy groups -OCH3 is 2. The van der Waals surface area contributed by atoms with E-state index in [9.17, 15) is 4.79 Å². The number of hydrogen-bond donors (Lipinski definition) is 1. The monoisotopic (exact) mass is 391 g/mol. The molecule has 0 atom stereocenters. The molecule has 0 aliphatic rings. The topological polar surface area (TPSA) is 63.7 Å². The van der Waals surface area contributed by atoms with Gasteiger partial charge in [0.1, 0.15) is 5.82 Å². The van der Waals surface area contributed by atoms with Crippen molar-refractivity contribution in [3.05, 3.63) is 71.9 Å². The molecule has 1 aromatic heterocycles. The number of rotatable bonds is 7. The third kappa shape index (κ3) is 4.66. The van der Waals surface area contributed by atoms with Gasteiger partial charge in [0.15, 0.2) is 11.5 Å². The van der Waals surface area contributed by atoms with Gasteiger partial charge >= 0.3 is 0 Å². The maximum absolute atomic E-state index is 12.6. The standard InChI is InChI=1S/C23H25N3O3/c1-5-26(19-8-6-7-16(2)13-19)22-12-9-17(15-24-22)23(27)25-18-10-11-20(28-3)21(14-18)29-4/h6-15H,5H2,1-4H3,(H,25,27). The lowest BCUT2D eigenvalue weighted by molar-refractivity contribution is 0.102. The molecule has 0 fully saturated rings. The Kier molecular flexibility index (Phi) is 6.34. The van der Waals surface area contributed by atoms with Crippen LogP contribution in [0, 0.1) is 6.92 Å². The zero-order valence-corrected chi connectivity index (χ0v) is 17.1. The van der Waals surface area contributed by atoms with E-state index in [0.717, 1.165) is 18.1 Å². The molecule has 150 valence electrons. The van der Waals surface area contributed by atoms with Crippen LogP contribution >= 0.6 is 0 Å². The smallest absolute Gasteiger partial charge is 0.257 e. The van der Waals surface area contributed by atoms with Crippen molar-refractivity contribution in [3.8, 4) is 11.5 Å². The van der Waals surface area contributed by atoms with Crippen LogP contribution in [-0.2, 0) is 0 Å². The first-order valence-electron chi connectivity index (χ1n) is 9.39. The third-order valence-electron chi connectivity index (χ3n) is 4.56. The quantitative estimate of drug-likeness (QED) is 0.626. The van der Waals surface area contributed by atoms with Gasteiger partial charge in [0, 0.05) is 30.2 Å². The van der Waals surface area contributed by atoms with Gasteiger partial charge in [-0.1, -0.05) is 12.1 Å². The van der Waals surface area contributed by atoms with Crippen LogP contribution in [0.15, 0.2) is 60.8 Å². The van der Waals surface area contributed by atoms with Crippen LogP contribution in [0.4, 0.5) is 17.2 Å². The van der Waals surface area contributed by atoms with Crippen LogP contribution in [0.2, 0.25) is 0 Å². The number of amides is 1. The molecule has 3 aromatic rings. The number of ether oxygens (including phenoxy) is 2. The van der Waals surface area contributed by atoms with Crippen LogP contribution in [0.25, 0.3) is 0 Å². The second-order valence-corrected chi connectivity index (χ2v) is 6.51. The van der Waals surface area contributed by atoms with E-state index in [1.165, 1.54) is 5.56 Å². The van der Waals surface area contributed by atoms with Gasteiger partial charge in [0.2, 0.25) is 0 Å². The van der Waals surface area contributed by atoms with Crippen LogP contribution in [0.3, 0.4) is 0 Å². The van der Waals surface area contributed by atoms with Crippen LogP contribution in [0.5, 0.6) is 11.5 Å². The molecule has 0 unspecified atom stereocenters. The second kappa shape index (κ2) is 9.10. The molecule has 6 nitrogen and oxygen atoms in total. The normalized spacial score (nSPS) is 10.3. The van der Waals surface area contributed by atoms with Gasteiger partial charge in [0.25, 0.3) is 5.91 Å². The lowest BCUT2D eigenvalue weighted by Crippen LogP contribution is -2.18. The van der Waals surface area contributed by atoms with Gasteiger partial charge in [-0.25, -0.2) is 4.98 Å². The van der Waals surface area contributed by atoms with E-state index < -0.39 is 0 Å². The van der Waals surface area contributed by atoms with Crippen molar-refractivity contribution in [3.63, 3.8) is 0 Å². The minimum Gasteiger partial charge on any atom is -0.493 e. The van der Waals surface area contributed by atoms with Crippen molar-refractivity contribution < 1.29 is 14.3 Å². The number of carbonyl (C=O) groups excluding carboxylic acids is 1. The number of aryl methyl sites for hydroxylation is 1. The summed E-state index contributed by atoms with van der Waals surface area (Å²) in [6.07, 6.45) is 1.59. The minimum atomic E-state index is -0.241. The molecule has 1 N–H and O–H groups in total. The molecular formula is C23H25N3O3. The van der Waals surface area contributed by atoms with E-state index in [-0.39, 0.29) is 5.91 Å². The minimum absolute atomic E-state index is 0.241. The predicted octanol–water partition coefficient (Wildman–Crippen LogP) is 4.82. The number of benzene rings is 2. The van der Waals surface area contributed by atoms with E-state index in [1.54, 1.807) is 44.7 Å². The first-order valence-corrected chi connectivity index (χ1v) is 9.39. The molecular weight excluding hydrogens is 366 g/mol. The summed E-state index contributed by atoms with van der Waals surface area (Å²) < 4.78 is 10.5. The van der Waals surface area contributed by atoms with Crippen LogP contribution < -0.4 is 19.7 Å². The fourth-order valence-electron chi connectivity index (χ4n) is 3.07. The van der Waals surface area contributed by atoms with Gasteiger partial charge in [-0.05, 0) is 55.8 Å². The number of aromatic nitrogens is 1. The number of anilines is 3. The molecule has 0 saturated heterocycles. The molecule has 2 aromatic carbocycles. The highest BCUT2D eigenvalue weighted by Crippen LogP contribution is 2.30. The second-order valence-electron chi connectivity index (χ2n) is 6.51. The van der Waals surface area contributed by atoms with Crippen LogP contribution in [0.1, 0.15) is 22.8 Å². The Morgan fingerprint density at radius 1 is 1.03 bits per heavy atom. The van der Waals surface area contributed by atoms with E-state index in [0.29, 0.717) is 22.7 Å². The van der Waals surface area contributed by atoms with Gasteiger partial charge in [-0.2, -0.15) is 0 Å². The molecule has 0 spiro atoms. The first-order chi connectivity index (χ1) is 14.0. The highest BCUT2D eigenvalue weighted by atomic mass is 16.5. The largest absolute Gasteiger partial charge is 0.493 e. The number of carbonyl (C=O) groups is 1. The zero-order valence-electron chi connectivity index (χ0n) is 17.1. The summed E-state index contributed by atoms with van der Waals surface area (Å²) in [5, 5.41) is 2.86. The molecule has 0 bridgehead atoms. The van der Waals surface area contributed by atoms with E-state index >= 15 is 0 Å². The Labute approximate surface area is 171 Å². The zero-order chi connectivity index (χ0) is 20.8. The van der Waals surface area contributed by atoms with E-state index in [1.807, 2.05) is 12.1 Å². The number of nitrogens with one attached hydrogen (secondary N) is 1. The van der Waals surface area contributed by atoms with E-state index in [4.69, 9.17) is 9.47 Å². The summed E-state index contributed by atoms with van der Waals surface area (Å²) in [5.41, 5.74) is 3.35. The maximum Gasteiger partial charge on any atom is 0.257 e. The molecule has 6 heteroatoms. The van der Waals surface area contributed by atoms with Crippen LogP contribution in [-0.4, -0.2) is 31.7 Å². The number of nitrogens with zero attached hydrogens (tertiary/aromatic N) is 2. The van der Waals surface area contributed by atoms with Crippen molar-refractivity contribution in [2.75, 3.05) is 31.0 Å². The van der Waals surface area contributed by atoms with E-state index in [2.05, 4.69) is 47.2 Å². The van der Waals surface area contributed by atoms with Gasteiger partial charge in [0.05, 0.1) is 19.8 Å². The summed E-state index contributed by atoms with van der Waals surface area (Å²) in [5.74, 6) is 1.71. The lowest BCUT2D eigenvalue weighted by atomic mass is 10.2. The van der Waals surface area contributed by atoms with Gasteiger partial charge < -0.3 is 19.7 Å². The summed E-state index contributed by atoms with van der Waals surface area (Å²) in [6, 6.07) is 17.1. The van der Waals surface area contributed by atoms with Crippen molar-refractivity contribution >= 4 is 23.1 Å². The van der Waals surface area contributed by atoms with Crippen molar-refractivity contribution in [2.24, 2.45) is 0 Å². The Morgan fingerprint density at radius 2 is 1.83 bits per heavy atom. The summed E-state index contributed by atoms with van der Waals surface area (Å²) in [7, 11) is 3.12. The van der Waals surface area contributed by atoms with Crippen molar-refractivity contribution in [1.29, 1.82) is 0 Å². The number of pyridine rings is 1. The molecule has 0 aliphatic heterocycles. The lowest BCUT2D eigenvalue weighted by Gasteiger charge is -2.22. The molecule has 1 amide bonds. The Bertz CT molecular complexity index is 987. The van der Waals surface area contributed by atoms with Crippen molar-refractivity contribution in [1.82, 2.24) is 4.98 Å². The average Bonchev–Trinajstić information content (AvgIpc) is 2.74. The molecule has 29 heavy (non-hydrogen) atoms. The summed E-state index contributed by atoms with van der Waals surface area (Å²) in [4.78, 5) is 19.2. The molecule has 0 radical (unpaired) electrons. The van der Waals surface area contributed by atoms with Crippen molar-refractivity contribution in [2.45, 2.75) is 13.8 Å². The fourth-order valence-corrected chi connectivity index (χ4v) is 3.07. The summed E-state index contributed by atoms with van der Waals surface area (Å²) in [6.45, 7) is 4.90. The molecule has 0 aliphatic carbocycles. The first kappa shape index (κ1) is 20.2. The average molecular weight is 391 g/mol. The molecule has 3 rings (SSSR count). The fraction of sp³-hybridized carbons (Fsp3) is 0.217. The SMILES string of the molecule is CCN(c1cccc(C)c1)c1ccc(C(=O)Nc2ccc(OC)c(OC)c2)cn1. The Balaban J connectivity index is 1.76. The summed E-state index contributed by atoms with van der Waals surface area (Å²) >= 11 is 0. The van der Waals surface area contributed by atoms with Gasteiger partial charge in [-0.3, -0.25) is 4.79 Å². The highest BCUT2D eigenvalue weighted by Gasteiger charge is 2.12. The highest BCUT2D eigenvalue weighted by molar-refractivity contribution is 6.04. The Morgan fingerprint density at radius 3 is 2.45 bits per heavy atom. The number of hydrogen-bond acceptors (Lipinski definition) is 5. The Hall–Kier alpha value is -3.54. The molecule has 0 saturated carbocycles.